The van der Waals surface area contributed by atoms with Gasteiger partial charge in [0, 0.05) is 13.1 Å². The summed E-state index contributed by atoms with van der Waals surface area (Å²) in [4.78, 5) is 22.9. The maximum atomic E-state index is 12.1. The number of carbonyl (C=O) groups is 1. The molecule has 0 fully saturated rings. The molecule has 2 N–H and O–H groups in total. The number of rotatable bonds is 9. The van der Waals surface area contributed by atoms with Gasteiger partial charge >= 0.3 is 5.69 Å². The number of hydrogen-bond acceptors (Lipinski definition) is 5. The molecule has 0 saturated carbocycles. The smallest absolute Gasteiger partial charge is 0.305 e. The van der Waals surface area contributed by atoms with Gasteiger partial charge in [-0.1, -0.05) is 13.0 Å². The van der Waals surface area contributed by atoms with Gasteiger partial charge in [0.25, 0.3) is 5.91 Å². The lowest BCUT2D eigenvalue weighted by molar-refractivity contribution is -0.384. The quantitative estimate of drug-likeness (QED) is 0.416. The first-order valence-electron chi connectivity index (χ1n) is 6.90. The monoisotopic (exact) mass is 311 g/mol. The molecule has 0 heterocycles. The largest absolute Gasteiger partial charge is 0.379 e. The van der Waals surface area contributed by atoms with Crippen molar-refractivity contribution in [2.45, 2.75) is 19.8 Å². The molecule has 6 nitrogen and oxygen atoms in total. The number of nitro groups is 1. The van der Waals surface area contributed by atoms with Crippen LogP contribution in [0.15, 0.2) is 18.2 Å². The van der Waals surface area contributed by atoms with Crippen molar-refractivity contribution in [3.63, 3.8) is 0 Å². The summed E-state index contributed by atoms with van der Waals surface area (Å²) in [5, 5.41) is 17.0. The summed E-state index contributed by atoms with van der Waals surface area (Å²) in [7, 11) is 0. The van der Waals surface area contributed by atoms with Gasteiger partial charge in [-0.05, 0) is 37.0 Å². The Kier molecular flexibility index (Phi) is 7.60. The van der Waals surface area contributed by atoms with E-state index in [9.17, 15) is 14.9 Å². The van der Waals surface area contributed by atoms with E-state index in [1.54, 1.807) is 23.9 Å². The van der Waals surface area contributed by atoms with Crippen LogP contribution in [0.4, 0.5) is 11.4 Å². The molecule has 1 aromatic carbocycles. The van der Waals surface area contributed by atoms with Crippen molar-refractivity contribution in [2.24, 2.45) is 0 Å². The molecule has 21 heavy (non-hydrogen) atoms. The highest BCUT2D eigenvalue weighted by atomic mass is 32.2. The standard InChI is InChI=1S/C14H21N3O3S/c1-3-8-15-12-7-4-6-11(13(12)17(19)20)14(18)16-9-5-10-21-2/h4,6-7,15H,3,5,8-10H2,1-2H3,(H,16,18). The molecule has 0 atom stereocenters. The molecule has 1 aromatic rings. The second kappa shape index (κ2) is 9.23. The van der Waals surface area contributed by atoms with Gasteiger partial charge in [-0.15, -0.1) is 0 Å². The normalized spacial score (nSPS) is 10.2. The molecule has 0 aromatic heterocycles. The molecular formula is C14H21N3O3S. The van der Waals surface area contributed by atoms with Crippen molar-refractivity contribution in [3.8, 4) is 0 Å². The van der Waals surface area contributed by atoms with Crippen LogP contribution in [0.5, 0.6) is 0 Å². The number of amides is 1. The van der Waals surface area contributed by atoms with E-state index in [1.807, 2.05) is 13.2 Å². The number of nitrogens with one attached hydrogen (secondary N) is 2. The van der Waals surface area contributed by atoms with Gasteiger partial charge in [-0.2, -0.15) is 11.8 Å². The second-order valence-corrected chi connectivity index (χ2v) is 5.47. The van der Waals surface area contributed by atoms with E-state index in [0.717, 1.165) is 18.6 Å². The Labute approximate surface area is 128 Å². The second-order valence-electron chi connectivity index (χ2n) is 4.49. The maximum Gasteiger partial charge on any atom is 0.305 e. The fourth-order valence-electron chi connectivity index (χ4n) is 1.84. The Balaban J connectivity index is 2.89. The predicted molar refractivity (Wildman–Crippen MR) is 87.2 cm³/mol. The zero-order valence-corrected chi connectivity index (χ0v) is 13.2. The average Bonchev–Trinajstić information content (AvgIpc) is 2.48. The van der Waals surface area contributed by atoms with Crippen LogP contribution in [0, 0.1) is 10.1 Å². The summed E-state index contributed by atoms with van der Waals surface area (Å²) >= 11 is 1.70. The third-order valence-electron chi connectivity index (χ3n) is 2.84. The van der Waals surface area contributed by atoms with Crippen LogP contribution >= 0.6 is 11.8 Å². The minimum atomic E-state index is -0.505. The van der Waals surface area contributed by atoms with Gasteiger partial charge in [-0.25, -0.2) is 0 Å². The van der Waals surface area contributed by atoms with Crippen molar-refractivity contribution in [3.05, 3.63) is 33.9 Å². The third kappa shape index (κ3) is 5.26. The van der Waals surface area contributed by atoms with Crippen LogP contribution in [0.2, 0.25) is 0 Å². The Hall–Kier alpha value is -1.76. The number of anilines is 1. The predicted octanol–water partition coefficient (Wildman–Crippen LogP) is 2.90. The number of hydrogen-bond donors (Lipinski definition) is 2. The molecule has 0 unspecified atom stereocenters. The Morgan fingerprint density at radius 2 is 2.14 bits per heavy atom. The van der Waals surface area contributed by atoms with Gasteiger partial charge in [0.15, 0.2) is 0 Å². The number of benzene rings is 1. The van der Waals surface area contributed by atoms with Gasteiger partial charge in [0.2, 0.25) is 0 Å². The van der Waals surface area contributed by atoms with Crippen molar-refractivity contribution < 1.29 is 9.72 Å². The Morgan fingerprint density at radius 3 is 2.76 bits per heavy atom. The maximum absolute atomic E-state index is 12.1. The van der Waals surface area contributed by atoms with E-state index in [0.29, 0.717) is 18.8 Å². The summed E-state index contributed by atoms with van der Waals surface area (Å²) in [5.74, 6) is 0.545. The topological polar surface area (TPSA) is 84.3 Å². The van der Waals surface area contributed by atoms with Crippen LogP contribution in [-0.4, -0.2) is 35.9 Å². The van der Waals surface area contributed by atoms with Crippen LogP contribution in [0.25, 0.3) is 0 Å². The van der Waals surface area contributed by atoms with Gasteiger partial charge in [-0.3, -0.25) is 14.9 Å². The highest BCUT2D eigenvalue weighted by molar-refractivity contribution is 7.98. The number of carbonyl (C=O) groups excluding carboxylic acids is 1. The first-order valence-corrected chi connectivity index (χ1v) is 8.29. The highest BCUT2D eigenvalue weighted by Gasteiger charge is 2.23. The zero-order chi connectivity index (χ0) is 15.7. The van der Waals surface area contributed by atoms with E-state index in [1.165, 1.54) is 6.07 Å². The highest BCUT2D eigenvalue weighted by Crippen LogP contribution is 2.28. The first kappa shape index (κ1) is 17.3. The summed E-state index contributed by atoms with van der Waals surface area (Å²) in [6.45, 7) is 3.12. The molecule has 0 bridgehead atoms. The minimum Gasteiger partial charge on any atom is -0.379 e. The number of nitro benzene ring substituents is 1. The lowest BCUT2D eigenvalue weighted by atomic mass is 10.1. The molecule has 1 rings (SSSR count). The molecule has 7 heteroatoms. The van der Waals surface area contributed by atoms with E-state index in [4.69, 9.17) is 0 Å². The molecule has 116 valence electrons. The lowest BCUT2D eigenvalue weighted by Gasteiger charge is -2.10. The molecule has 0 saturated heterocycles. The number of para-hydroxylation sites is 1. The summed E-state index contributed by atoms with van der Waals surface area (Å²) < 4.78 is 0. The van der Waals surface area contributed by atoms with Crippen LogP contribution in [0.1, 0.15) is 30.1 Å². The number of thioether (sulfide) groups is 1. The minimum absolute atomic E-state index is 0.102. The van der Waals surface area contributed by atoms with Crippen molar-refractivity contribution >= 4 is 29.0 Å². The summed E-state index contributed by atoms with van der Waals surface area (Å²) in [5.41, 5.74) is 0.331. The van der Waals surface area contributed by atoms with Gasteiger partial charge in [0.1, 0.15) is 11.3 Å². The first-order chi connectivity index (χ1) is 10.1. The Morgan fingerprint density at radius 1 is 1.38 bits per heavy atom. The van der Waals surface area contributed by atoms with Gasteiger partial charge in [0.05, 0.1) is 4.92 Å². The average molecular weight is 311 g/mol. The van der Waals surface area contributed by atoms with Crippen LogP contribution in [-0.2, 0) is 0 Å². The zero-order valence-electron chi connectivity index (χ0n) is 12.3. The van der Waals surface area contributed by atoms with Crippen molar-refractivity contribution in [1.29, 1.82) is 0 Å². The van der Waals surface area contributed by atoms with Gasteiger partial charge < -0.3 is 10.6 Å². The van der Waals surface area contributed by atoms with E-state index in [-0.39, 0.29) is 11.3 Å². The molecule has 0 radical (unpaired) electrons. The Bertz CT molecular complexity index is 494. The number of nitrogens with zero attached hydrogens (tertiary/aromatic N) is 1. The van der Waals surface area contributed by atoms with E-state index in [2.05, 4.69) is 10.6 Å². The fourth-order valence-corrected chi connectivity index (χ4v) is 2.27. The van der Waals surface area contributed by atoms with E-state index < -0.39 is 10.8 Å². The SMILES string of the molecule is CCCNc1cccc(C(=O)NCCCSC)c1[N+](=O)[O-]. The molecule has 1 amide bonds. The molecule has 0 spiro atoms. The molecule has 0 aliphatic heterocycles. The van der Waals surface area contributed by atoms with E-state index >= 15 is 0 Å². The summed E-state index contributed by atoms with van der Waals surface area (Å²) in [6, 6.07) is 4.76. The summed E-state index contributed by atoms with van der Waals surface area (Å²) in [6.07, 6.45) is 3.69. The lowest BCUT2D eigenvalue weighted by Crippen LogP contribution is -2.25. The molecule has 0 aliphatic carbocycles. The van der Waals surface area contributed by atoms with Crippen molar-refractivity contribution in [1.82, 2.24) is 5.32 Å². The van der Waals surface area contributed by atoms with Crippen LogP contribution < -0.4 is 10.6 Å². The molecular weight excluding hydrogens is 290 g/mol. The molecule has 0 aliphatic rings. The van der Waals surface area contributed by atoms with Crippen LogP contribution in [0.3, 0.4) is 0 Å². The fraction of sp³-hybridized carbons (Fsp3) is 0.500. The van der Waals surface area contributed by atoms with Crippen molar-refractivity contribution in [2.75, 3.05) is 30.4 Å². The third-order valence-corrected chi connectivity index (χ3v) is 3.54.